The summed E-state index contributed by atoms with van der Waals surface area (Å²) >= 11 is 3.39. The van der Waals surface area contributed by atoms with Gasteiger partial charge in [-0.25, -0.2) is 9.97 Å². The van der Waals surface area contributed by atoms with E-state index in [1.54, 1.807) is 6.20 Å². The molecule has 1 saturated heterocycles. The van der Waals surface area contributed by atoms with Crippen molar-refractivity contribution >= 4 is 33.0 Å². The molecule has 2 aromatic rings. The fourth-order valence-electron chi connectivity index (χ4n) is 2.61. The molecular weight excluding hydrogens is 320 g/mol. The van der Waals surface area contributed by atoms with Gasteiger partial charge in [-0.05, 0) is 41.3 Å². The second-order valence-corrected chi connectivity index (χ2v) is 6.17. The van der Waals surface area contributed by atoms with Crippen LogP contribution in [0.15, 0.2) is 16.7 Å². The quantitative estimate of drug-likeness (QED) is 0.905. The van der Waals surface area contributed by atoms with Crippen LogP contribution in [0.4, 0.5) is 0 Å². The minimum absolute atomic E-state index is 0.183. The fraction of sp³-hybridized carbons (Fsp3) is 0.500. The van der Waals surface area contributed by atoms with Crippen LogP contribution < -0.4 is 5.32 Å². The standard InChI is InChI=1S/C14H17BrN4O/c15-9-7-11-14(16-8-9)19-12(18-11)6-5-10-3-1-2-4-13(20)17-10/h7-8,10H,1-6H2,(H,17,20)(H,16,18,19). The fourth-order valence-corrected chi connectivity index (χ4v) is 2.93. The summed E-state index contributed by atoms with van der Waals surface area (Å²) in [6.45, 7) is 0. The van der Waals surface area contributed by atoms with E-state index >= 15 is 0 Å². The number of fused-ring (bicyclic) bond motifs is 1. The van der Waals surface area contributed by atoms with Gasteiger partial charge in [0.05, 0.1) is 0 Å². The highest BCUT2D eigenvalue weighted by Gasteiger charge is 2.16. The summed E-state index contributed by atoms with van der Waals surface area (Å²) in [7, 11) is 0. The maximum absolute atomic E-state index is 11.5. The summed E-state index contributed by atoms with van der Waals surface area (Å²) < 4.78 is 0.930. The topological polar surface area (TPSA) is 70.7 Å². The molecule has 2 N–H and O–H groups in total. The summed E-state index contributed by atoms with van der Waals surface area (Å²) in [5.74, 6) is 1.12. The molecule has 1 fully saturated rings. The molecule has 0 aliphatic carbocycles. The van der Waals surface area contributed by atoms with Gasteiger partial charge in [-0.3, -0.25) is 4.79 Å². The SMILES string of the molecule is O=C1CCCCC(CCc2nc3cc(Br)cnc3[nH]2)N1. The first-order valence-electron chi connectivity index (χ1n) is 7.00. The highest BCUT2D eigenvalue weighted by Crippen LogP contribution is 2.17. The molecule has 1 amide bonds. The maximum Gasteiger partial charge on any atom is 0.220 e. The van der Waals surface area contributed by atoms with Crippen molar-refractivity contribution in [3.63, 3.8) is 0 Å². The zero-order valence-electron chi connectivity index (χ0n) is 11.2. The smallest absolute Gasteiger partial charge is 0.220 e. The Hall–Kier alpha value is -1.43. The molecule has 0 radical (unpaired) electrons. The number of carbonyl (C=O) groups excluding carboxylic acids is 1. The molecule has 1 aliphatic rings. The average molecular weight is 337 g/mol. The third-order valence-corrected chi connectivity index (χ3v) is 4.09. The van der Waals surface area contributed by atoms with Gasteiger partial charge in [0.15, 0.2) is 5.65 Å². The molecule has 106 valence electrons. The summed E-state index contributed by atoms with van der Waals surface area (Å²) in [5.41, 5.74) is 1.69. The van der Waals surface area contributed by atoms with Crippen molar-refractivity contribution in [3.05, 3.63) is 22.6 Å². The number of rotatable bonds is 3. The van der Waals surface area contributed by atoms with Crippen LogP contribution in [0.3, 0.4) is 0 Å². The predicted molar refractivity (Wildman–Crippen MR) is 80.3 cm³/mol. The van der Waals surface area contributed by atoms with Gasteiger partial charge >= 0.3 is 0 Å². The number of nitrogens with zero attached hydrogens (tertiary/aromatic N) is 2. The van der Waals surface area contributed by atoms with Crippen molar-refractivity contribution in [2.75, 3.05) is 0 Å². The number of aryl methyl sites for hydroxylation is 1. The molecule has 3 rings (SSSR count). The molecule has 2 aromatic heterocycles. The van der Waals surface area contributed by atoms with E-state index in [1.807, 2.05) is 6.07 Å². The summed E-state index contributed by atoms with van der Waals surface area (Å²) in [6.07, 6.45) is 7.37. The molecular formula is C14H17BrN4O. The van der Waals surface area contributed by atoms with Crippen LogP contribution in [0.2, 0.25) is 0 Å². The van der Waals surface area contributed by atoms with E-state index in [1.165, 1.54) is 0 Å². The van der Waals surface area contributed by atoms with E-state index in [0.29, 0.717) is 6.42 Å². The lowest BCUT2D eigenvalue weighted by Gasteiger charge is -2.14. The van der Waals surface area contributed by atoms with E-state index in [-0.39, 0.29) is 11.9 Å². The van der Waals surface area contributed by atoms with Crippen molar-refractivity contribution in [3.8, 4) is 0 Å². The van der Waals surface area contributed by atoms with Crippen molar-refractivity contribution in [2.45, 2.75) is 44.6 Å². The van der Waals surface area contributed by atoms with E-state index in [0.717, 1.165) is 53.6 Å². The van der Waals surface area contributed by atoms with Crippen LogP contribution in [-0.4, -0.2) is 26.9 Å². The van der Waals surface area contributed by atoms with Crippen molar-refractivity contribution < 1.29 is 4.79 Å². The highest BCUT2D eigenvalue weighted by atomic mass is 79.9. The molecule has 0 spiro atoms. The van der Waals surface area contributed by atoms with Gasteiger partial charge in [0.1, 0.15) is 11.3 Å². The molecule has 1 atom stereocenters. The number of imidazole rings is 1. The Morgan fingerprint density at radius 2 is 2.30 bits per heavy atom. The van der Waals surface area contributed by atoms with Crippen LogP contribution in [0.1, 0.15) is 37.9 Å². The van der Waals surface area contributed by atoms with Gasteiger partial charge in [-0.2, -0.15) is 0 Å². The summed E-state index contributed by atoms with van der Waals surface area (Å²) in [6, 6.07) is 2.23. The van der Waals surface area contributed by atoms with Gasteiger partial charge in [0.25, 0.3) is 0 Å². The maximum atomic E-state index is 11.5. The Labute approximate surface area is 125 Å². The second kappa shape index (κ2) is 5.91. The van der Waals surface area contributed by atoms with Crippen LogP contribution in [0.25, 0.3) is 11.2 Å². The number of nitrogens with one attached hydrogen (secondary N) is 2. The lowest BCUT2D eigenvalue weighted by atomic mass is 10.1. The van der Waals surface area contributed by atoms with Crippen LogP contribution in [0, 0.1) is 0 Å². The number of halogens is 1. The Morgan fingerprint density at radius 3 is 3.20 bits per heavy atom. The molecule has 0 bridgehead atoms. The number of aromatic nitrogens is 3. The minimum Gasteiger partial charge on any atom is -0.353 e. The number of pyridine rings is 1. The van der Waals surface area contributed by atoms with Gasteiger partial charge in [-0.1, -0.05) is 6.42 Å². The highest BCUT2D eigenvalue weighted by molar-refractivity contribution is 9.10. The lowest BCUT2D eigenvalue weighted by molar-refractivity contribution is -0.121. The number of hydrogen-bond acceptors (Lipinski definition) is 3. The molecule has 3 heterocycles. The average Bonchev–Trinajstić information content (AvgIpc) is 2.70. The number of hydrogen-bond donors (Lipinski definition) is 2. The Balaban J connectivity index is 1.65. The number of H-pyrrole nitrogens is 1. The van der Waals surface area contributed by atoms with Crippen molar-refractivity contribution in [2.24, 2.45) is 0 Å². The molecule has 0 saturated carbocycles. The second-order valence-electron chi connectivity index (χ2n) is 5.25. The first-order chi connectivity index (χ1) is 9.70. The third kappa shape index (κ3) is 3.17. The Morgan fingerprint density at radius 1 is 1.40 bits per heavy atom. The molecule has 1 aliphatic heterocycles. The van der Waals surface area contributed by atoms with E-state index in [9.17, 15) is 4.79 Å². The van der Waals surface area contributed by atoms with Gasteiger partial charge < -0.3 is 10.3 Å². The molecule has 0 aromatic carbocycles. The third-order valence-electron chi connectivity index (χ3n) is 3.65. The summed E-state index contributed by atoms with van der Waals surface area (Å²) in [5, 5.41) is 3.09. The Bertz CT molecular complexity index is 625. The molecule has 1 unspecified atom stereocenters. The first-order valence-corrected chi connectivity index (χ1v) is 7.79. The normalized spacial score (nSPS) is 19.9. The molecule has 6 heteroatoms. The van der Waals surface area contributed by atoms with Crippen LogP contribution >= 0.6 is 15.9 Å². The number of amides is 1. The van der Waals surface area contributed by atoms with E-state index in [4.69, 9.17) is 0 Å². The van der Waals surface area contributed by atoms with E-state index < -0.39 is 0 Å². The van der Waals surface area contributed by atoms with Crippen molar-refractivity contribution in [1.82, 2.24) is 20.3 Å². The number of carbonyl (C=O) groups is 1. The van der Waals surface area contributed by atoms with Crippen LogP contribution in [0.5, 0.6) is 0 Å². The molecule has 20 heavy (non-hydrogen) atoms. The first kappa shape index (κ1) is 13.5. The predicted octanol–water partition coefficient (Wildman–Crippen LogP) is 2.71. The summed E-state index contributed by atoms with van der Waals surface area (Å²) in [4.78, 5) is 23.6. The Kier molecular flexibility index (Phi) is 4.00. The van der Waals surface area contributed by atoms with Crippen LogP contribution in [-0.2, 0) is 11.2 Å². The minimum atomic E-state index is 0.183. The van der Waals surface area contributed by atoms with Gasteiger partial charge in [-0.15, -0.1) is 0 Å². The monoisotopic (exact) mass is 336 g/mol. The number of aromatic amines is 1. The van der Waals surface area contributed by atoms with Crippen molar-refractivity contribution in [1.29, 1.82) is 0 Å². The molecule has 5 nitrogen and oxygen atoms in total. The lowest BCUT2D eigenvalue weighted by Crippen LogP contribution is -2.33. The van der Waals surface area contributed by atoms with Gasteiger partial charge in [0, 0.05) is 29.6 Å². The zero-order valence-corrected chi connectivity index (χ0v) is 12.7. The van der Waals surface area contributed by atoms with Gasteiger partial charge in [0.2, 0.25) is 5.91 Å². The largest absolute Gasteiger partial charge is 0.353 e. The van der Waals surface area contributed by atoms with E-state index in [2.05, 4.69) is 36.2 Å². The zero-order chi connectivity index (χ0) is 13.9.